The monoisotopic (exact) mass is 275 g/mol. The number of ether oxygens (including phenoxy) is 3. The first-order chi connectivity index (χ1) is 9.75. The van der Waals surface area contributed by atoms with E-state index in [0.717, 1.165) is 6.42 Å². The summed E-state index contributed by atoms with van der Waals surface area (Å²) in [6, 6.07) is 7.57. The summed E-state index contributed by atoms with van der Waals surface area (Å²) in [5.74, 6) is 1.32. The third-order valence-electron chi connectivity index (χ3n) is 3.89. The first-order valence-electron chi connectivity index (χ1n) is 6.82. The van der Waals surface area contributed by atoms with Crippen molar-refractivity contribution >= 4 is 0 Å². The predicted octanol–water partition coefficient (Wildman–Crippen LogP) is 1.81. The first kappa shape index (κ1) is 13.2. The summed E-state index contributed by atoms with van der Waals surface area (Å²) < 4.78 is 16.5. The molecule has 2 unspecified atom stereocenters. The number of fused-ring (bicyclic) bond motifs is 1. The van der Waals surface area contributed by atoms with Gasteiger partial charge in [0.2, 0.25) is 0 Å². The summed E-state index contributed by atoms with van der Waals surface area (Å²) in [6.45, 7) is 2.00. The molecule has 5 heteroatoms. The van der Waals surface area contributed by atoms with Crippen LogP contribution in [0.25, 0.3) is 0 Å². The second-order valence-electron chi connectivity index (χ2n) is 5.23. The number of hydrogen-bond donors (Lipinski definition) is 1. The van der Waals surface area contributed by atoms with E-state index in [0.29, 0.717) is 43.3 Å². The predicted molar refractivity (Wildman–Crippen MR) is 70.5 cm³/mol. The maximum atomic E-state index is 10.5. The maximum absolute atomic E-state index is 10.5. The molecule has 2 aliphatic rings. The van der Waals surface area contributed by atoms with E-state index in [1.165, 1.54) is 0 Å². The Labute approximate surface area is 117 Å². The lowest BCUT2D eigenvalue weighted by Gasteiger charge is -2.26. The van der Waals surface area contributed by atoms with E-state index < -0.39 is 11.5 Å². The number of aliphatic hydroxyl groups is 1. The molecular formula is C15H17NO4. The van der Waals surface area contributed by atoms with E-state index in [1.54, 1.807) is 18.2 Å². The Morgan fingerprint density at radius 2 is 2.00 bits per heavy atom. The van der Waals surface area contributed by atoms with Crippen LogP contribution in [0, 0.1) is 16.7 Å². The van der Waals surface area contributed by atoms with Crippen LogP contribution >= 0.6 is 0 Å². The molecule has 0 bridgehead atoms. The van der Waals surface area contributed by atoms with Gasteiger partial charge in [0.25, 0.3) is 0 Å². The van der Waals surface area contributed by atoms with Crippen LogP contribution in [0.4, 0.5) is 0 Å². The molecule has 0 amide bonds. The summed E-state index contributed by atoms with van der Waals surface area (Å²) in [6.07, 6.45) is 0.494. The fourth-order valence-corrected chi connectivity index (χ4v) is 2.61. The molecule has 2 aliphatic heterocycles. The minimum absolute atomic E-state index is 0.263. The van der Waals surface area contributed by atoms with Gasteiger partial charge in [-0.15, -0.1) is 0 Å². The van der Waals surface area contributed by atoms with Crippen molar-refractivity contribution in [3.8, 4) is 17.6 Å². The van der Waals surface area contributed by atoms with E-state index >= 15 is 0 Å². The third-order valence-corrected chi connectivity index (χ3v) is 3.89. The molecule has 0 aromatic heterocycles. The molecule has 1 aromatic rings. The minimum Gasteiger partial charge on any atom is -0.490 e. The molecule has 5 nitrogen and oxygen atoms in total. The number of rotatable bonds is 2. The van der Waals surface area contributed by atoms with Crippen LogP contribution in [0.3, 0.4) is 0 Å². The molecule has 1 N–H and O–H groups in total. The van der Waals surface area contributed by atoms with Crippen LogP contribution in [0.15, 0.2) is 18.2 Å². The molecule has 20 heavy (non-hydrogen) atoms. The van der Waals surface area contributed by atoms with Gasteiger partial charge in [-0.1, -0.05) is 6.07 Å². The topological polar surface area (TPSA) is 71.7 Å². The molecule has 0 radical (unpaired) electrons. The van der Waals surface area contributed by atoms with Gasteiger partial charge >= 0.3 is 0 Å². The van der Waals surface area contributed by atoms with Crippen LogP contribution in [0.2, 0.25) is 0 Å². The molecule has 2 heterocycles. The average molecular weight is 275 g/mol. The number of aliphatic hydroxyl groups excluding tert-OH is 1. The normalized spacial score (nSPS) is 26.6. The minimum atomic E-state index is -0.882. The first-order valence-corrected chi connectivity index (χ1v) is 6.82. The van der Waals surface area contributed by atoms with Crippen molar-refractivity contribution in [3.63, 3.8) is 0 Å². The van der Waals surface area contributed by atoms with Gasteiger partial charge in [-0.05, 0) is 24.1 Å². The largest absolute Gasteiger partial charge is 0.490 e. The lowest BCUT2D eigenvalue weighted by atomic mass is 9.79. The Kier molecular flexibility index (Phi) is 3.51. The zero-order valence-electron chi connectivity index (χ0n) is 11.2. The van der Waals surface area contributed by atoms with Crippen molar-refractivity contribution in [1.29, 1.82) is 5.26 Å². The second-order valence-corrected chi connectivity index (χ2v) is 5.23. The molecule has 3 rings (SSSR count). The van der Waals surface area contributed by atoms with E-state index in [4.69, 9.17) is 14.2 Å². The SMILES string of the molecule is N#CC1(C(O)c2ccc3c(c2)OCCCO3)CCOC1. The Bertz CT molecular complexity index is 531. The number of nitriles is 1. The van der Waals surface area contributed by atoms with E-state index in [-0.39, 0.29) is 6.61 Å². The van der Waals surface area contributed by atoms with Crippen LogP contribution in [0.1, 0.15) is 24.5 Å². The van der Waals surface area contributed by atoms with Gasteiger partial charge in [-0.2, -0.15) is 5.26 Å². The van der Waals surface area contributed by atoms with Gasteiger partial charge in [0, 0.05) is 13.0 Å². The molecule has 1 fully saturated rings. The molecule has 0 saturated carbocycles. The fraction of sp³-hybridized carbons (Fsp3) is 0.533. The Balaban J connectivity index is 1.90. The Hall–Kier alpha value is -1.77. The van der Waals surface area contributed by atoms with Crippen molar-refractivity contribution < 1.29 is 19.3 Å². The summed E-state index contributed by atoms with van der Waals surface area (Å²) in [5, 5.41) is 19.9. The second kappa shape index (κ2) is 5.31. The highest BCUT2D eigenvalue weighted by Crippen LogP contribution is 2.42. The summed E-state index contributed by atoms with van der Waals surface area (Å²) in [7, 11) is 0. The van der Waals surface area contributed by atoms with Gasteiger partial charge in [-0.25, -0.2) is 0 Å². The highest BCUT2D eigenvalue weighted by Gasteiger charge is 2.43. The molecule has 0 aliphatic carbocycles. The molecule has 106 valence electrons. The maximum Gasteiger partial charge on any atom is 0.161 e. The lowest BCUT2D eigenvalue weighted by Crippen LogP contribution is -2.27. The van der Waals surface area contributed by atoms with Crippen molar-refractivity contribution in [2.45, 2.75) is 18.9 Å². The lowest BCUT2D eigenvalue weighted by molar-refractivity contribution is 0.0502. The van der Waals surface area contributed by atoms with Crippen LogP contribution in [0.5, 0.6) is 11.5 Å². The van der Waals surface area contributed by atoms with Crippen molar-refractivity contribution in [2.75, 3.05) is 26.4 Å². The van der Waals surface area contributed by atoms with Gasteiger partial charge in [0.1, 0.15) is 11.5 Å². The summed E-state index contributed by atoms with van der Waals surface area (Å²) in [5.41, 5.74) is -0.193. The zero-order chi connectivity index (χ0) is 14.0. The molecule has 2 atom stereocenters. The zero-order valence-corrected chi connectivity index (χ0v) is 11.2. The molecule has 1 aromatic carbocycles. The Morgan fingerprint density at radius 1 is 1.20 bits per heavy atom. The smallest absolute Gasteiger partial charge is 0.161 e. The molecule has 1 saturated heterocycles. The third kappa shape index (κ3) is 2.21. The van der Waals surface area contributed by atoms with E-state index in [1.807, 2.05) is 0 Å². The van der Waals surface area contributed by atoms with Crippen LogP contribution in [-0.4, -0.2) is 31.5 Å². The fourth-order valence-electron chi connectivity index (χ4n) is 2.61. The van der Waals surface area contributed by atoms with Crippen LogP contribution in [-0.2, 0) is 4.74 Å². The molecule has 0 spiro atoms. The highest BCUT2D eigenvalue weighted by molar-refractivity contribution is 5.44. The highest BCUT2D eigenvalue weighted by atomic mass is 16.5. The van der Waals surface area contributed by atoms with E-state index in [2.05, 4.69) is 6.07 Å². The molecular weight excluding hydrogens is 258 g/mol. The number of hydrogen-bond acceptors (Lipinski definition) is 5. The summed E-state index contributed by atoms with van der Waals surface area (Å²) in [4.78, 5) is 0. The number of nitrogens with zero attached hydrogens (tertiary/aromatic N) is 1. The van der Waals surface area contributed by atoms with Gasteiger partial charge < -0.3 is 19.3 Å². The van der Waals surface area contributed by atoms with E-state index in [9.17, 15) is 10.4 Å². The van der Waals surface area contributed by atoms with Gasteiger partial charge in [-0.3, -0.25) is 0 Å². The standard InChI is InChI=1S/C15H17NO4/c16-9-15(4-7-18-10-15)14(17)11-2-3-12-13(8-11)20-6-1-5-19-12/h2-3,8,14,17H,1,4-7,10H2. The van der Waals surface area contributed by atoms with Crippen molar-refractivity contribution in [3.05, 3.63) is 23.8 Å². The summed E-state index contributed by atoms with van der Waals surface area (Å²) >= 11 is 0. The number of benzene rings is 1. The van der Waals surface area contributed by atoms with Crippen molar-refractivity contribution in [2.24, 2.45) is 5.41 Å². The van der Waals surface area contributed by atoms with Gasteiger partial charge in [0.05, 0.1) is 25.9 Å². The van der Waals surface area contributed by atoms with Gasteiger partial charge in [0.15, 0.2) is 11.5 Å². The Morgan fingerprint density at radius 3 is 2.70 bits per heavy atom. The average Bonchev–Trinajstić information content (AvgIpc) is 2.85. The van der Waals surface area contributed by atoms with Crippen LogP contribution < -0.4 is 9.47 Å². The van der Waals surface area contributed by atoms with Crippen molar-refractivity contribution in [1.82, 2.24) is 0 Å². The quantitative estimate of drug-likeness (QED) is 0.891.